The van der Waals surface area contributed by atoms with Crippen molar-refractivity contribution in [2.24, 2.45) is 4.99 Å². The van der Waals surface area contributed by atoms with Crippen LogP contribution in [0, 0.1) is 11.8 Å². The van der Waals surface area contributed by atoms with Gasteiger partial charge in [-0.25, -0.2) is 4.79 Å². The van der Waals surface area contributed by atoms with Crippen LogP contribution in [-0.2, 0) is 17.8 Å². The predicted octanol–water partition coefficient (Wildman–Crippen LogP) is 1.91. The maximum absolute atomic E-state index is 13.0. The molecule has 168 valence electrons. The molecular formula is C25H24N4O4. The Bertz CT molecular complexity index is 1220. The van der Waals surface area contributed by atoms with Crippen LogP contribution in [0.2, 0.25) is 0 Å². The van der Waals surface area contributed by atoms with E-state index in [4.69, 9.17) is 4.74 Å². The van der Waals surface area contributed by atoms with Gasteiger partial charge in [0.25, 0.3) is 11.8 Å². The molecule has 1 fully saturated rings. The molecule has 0 aromatic heterocycles. The zero-order valence-corrected chi connectivity index (χ0v) is 18.7. The van der Waals surface area contributed by atoms with Crippen LogP contribution in [0.25, 0.3) is 0 Å². The third-order valence-electron chi connectivity index (χ3n) is 5.78. The lowest BCUT2D eigenvalue weighted by atomic mass is 9.98. The molecular weight excluding hydrogens is 420 g/mol. The number of imide groups is 1. The molecule has 2 heterocycles. The monoisotopic (exact) mass is 444 g/mol. The number of carbonyl (C=O) groups excluding carboxylic acids is 3. The normalized spacial score (nSPS) is 19.5. The van der Waals surface area contributed by atoms with E-state index in [9.17, 15) is 14.4 Å². The number of benzene rings is 2. The first-order valence-corrected chi connectivity index (χ1v) is 10.5. The van der Waals surface area contributed by atoms with E-state index in [0.29, 0.717) is 23.4 Å². The molecule has 2 aliphatic heterocycles. The van der Waals surface area contributed by atoms with Crippen molar-refractivity contribution in [3.8, 4) is 17.6 Å². The van der Waals surface area contributed by atoms with Crippen LogP contribution in [0.5, 0.6) is 5.75 Å². The number of urea groups is 1. The van der Waals surface area contributed by atoms with Crippen molar-refractivity contribution in [1.82, 2.24) is 15.5 Å². The Morgan fingerprint density at radius 1 is 1.18 bits per heavy atom. The van der Waals surface area contributed by atoms with Crippen LogP contribution in [0.4, 0.5) is 4.79 Å². The van der Waals surface area contributed by atoms with Crippen LogP contribution in [0.3, 0.4) is 0 Å². The molecule has 0 radical (unpaired) electrons. The van der Waals surface area contributed by atoms with Crippen LogP contribution < -0.4 is 15.4 Å². The summed E-state index contributed by atoms with van der Waals surface area (Å²) in [7, 11) is 3.29. The number of rotatable bonds is 5. The van der Waals surface area contributed by atoms with E-state index in [1.807, 2.05) is 37.3 Å². The minimum atomic E-state index is -1.54. The Morgan fingerprint density at radius 3 is 2.58 bits per heavy atom. The van der Waals surface area contributed by atoms with Crippen molar-refractivity contribution in [3.63, 3.8) is 0 Å². The van der Waals surface area contributed by atoms with Crippen LogP contribution in [0.15, 0.2) is 47.5 Å². The fraction of sp³-hybridized carbons (Fsp3) is 0.280. The number of nitrogens with one attached hydrogen (secondary N) is 2. The average Bonchev–Trinajstić information content (AvgIpc) is 3.27. The molecule has 4 rings (SSSR count). The molecule has 0 saturated carbocycles. The topological polar surface area (TPSA) is 100 Å². The summed E-state index contributed by atoms with van der Waals surface area (Å²) in [5.41, 5.74) is 2.62. The second-order valence-electron chi connectivity index (χ2n) is 8.08. The van der Waals surface area contributed by atoms with E-state index < -0.39 is 17.5 Å². The molecule has 0 unspecified atom stereocenters. The van der Waals surface area contributed by atoms with Crippen LogP contribution in [-0.4, -0.2) is 54.7 Å². The summed E-state index contributed by atoms with van der Waals surface area (Å²) in [6, 6.07) is 12.3. The van der Waals surface area contributed by atoms with E-state index in [1.165, 1.54) is 12.0 Å². The standard InChI is InChI=1S/C25H24N4O4/c1-16(26-2)12-18-6-4-17(5-7-18)10-11-25(23(31)27-24(32)28-25)15-29-14-19-8-9-20(33-3)13-21(19)22(29)30/h4-9,13H,12,14-15H2,1-3H3,(H2,27,28,31,32)/t25-/m1/s1. The SMILES string of the molecule is CN=C(C)Cc1ccc(C#C[C@]2(CN3Cc4ccc(OC)cc4C3=O)NC(=O)NC2=O)cc1. The van der Waals surface area contributed by atoms with Gasteiger partial charge in [0.05, 0.1) is 13.7 Å². The Kier molecular flexibility index (Phi) is 5.88. The van der Waals surface area contributed by atoms with Gasteiger partial charge < -0.3 is 15.0 Å². The van der Waals surface area contributed by atoms with Gasteiger partial charge in [-0.2, -0.15) is 0 Å². The average molecular weight is 444 g/mol. The summed E-state index contributed by atoms with van der Waals surface area (Å²) in [5, 5.41) is 4.87. The maximum Gasteiger partial charge on any atom is 0.323 e. The zero-order valence-electron chi connectivity index (χ0n) is 18.7. The van der Waals surface area contributed by atoms with Gasteiger partial charge in [-0.05, 0) is 42.3 Å². The van der Waals surface area contributed by atoms with E-state index in [0.717, 1.165) is 23.3 Å². The smallest absolute Gasteiger partial charge is 0.323 e. The van der Waals surface area contributed by atoms with Gasteiger partial charge in [-0.15, -0.1) is 0 Å². The molecule has 2 aromatic rings. The highest BCUT2D eigenvalue weighted by Gasteiger charge is 2.48. The fourth-order valence-corrected chi connectivity index (χ4v) is 3.87. The van der Waals surface area contributed by atoms with Gasteiger partial charge >= 0.3 is 6.03 Å². The molecule has 1 saturated heterocycles. The number of amides is 4. The van der Waals surface area contributed by atoms with Gasteiger partial charge in [-0.3, -0.25) is 19.9 Å². The quantitative estimate of drug-likeness (QED) is 0.418. The van der Waals surface area contributed by atoms with Gasteiger partial charge in [-0.1, -0.05) is 30.0 Å². The van der Waals surface area contributed by atoms with E-state index in [2.05, 4.69) is 27.5 Å². The summed E-state index contributed by atoms with van der Waals surface area (Å²) in [5.74, 6) is 5.67. The second kappa shape index (κ2) is 8.79. The van der Waals surface area contributed by atoms with Crippen molar-refractivity contribution < 1.29 is 19.1 Å². The number of fused-ring (bicyclic) bond motifs is 1. The molecule has 0 spiro atoms. The molecule has 8 heteroatoms. The zero-order chi connectivity index (χ0) is 23.6. The van der Waals surface area contributed by atoms with Gasteiger partial charge in [0, 0.05) is 36.9 Å². The largest absolute Gasteiger partial charge is 0.497 e. The number of hydrogen-bond acceptors (Lipinski definition) is 5. The highest BCUT2D eigenvalue weighted by Crippen LogP contribution is 2.28. The number of hydrogen-bond donors (Lipinski definition) is 2. The molecule has 2 aliphatic rings. The predicted molar refractivity (Wildman–Crippen MR) is 123 cm³/mol. The van der Waals surface area contributed by atoms with E-state index >= 15 is 0 Å². The van der Waals surface area contributed by atoms with Crippen LogP contribution in [0.1, 0.15) is 34.0 Å². The highest BCUT2D eigenvalue weighted by molar-refractivity contribution is 6.10. The molecule has 1 atom stereocenters. The van der Waals surface area contributed by atoms with Crippen LogP contribution >= 0.6 is 0 Å². The van der Waals surface area contributed by atoms with Crippen molar-refractivity contribution >= 4 is 23.6 Å². The summed E-state index contributed by atoms with van der Waals surface area (Å²) < 4.78 is 5.21. The van der Waals surface area contributed by atoms with Crippen molar-refractivity contribution in [3.05, 3.63) is 64.7 Å². The Morgan fingerprint density at radius 2 is 1.94 bits per heavy atom. The minimum absolute atomic E-state index is 0.0718. The third kappa shape index (κ3) is 4.44. The first-order chi connectivity index (χ1) is 15.8. The molecule has 8 nitrogen and oxygen atoms in total. The number of carbonyl (C=O) groups is 3. The van der Waals surface area contributed by atoms with E-state index in [-0.39, 0.29) is 12.5 Å². The number of nitrogens with zero attached hydrogens (tertiary/aromatic N) is 2. The molecule has 2 N–H and O–H groups in total. The highest BCUT2D eigenvalue weighted by atomic mass is 16.5. The van der Waals surface area contributed by atoms with Gasteiger partial charge in [0.2, 0.25) is 5.54 Å². The molecule has 2 aromatic carbocycles. The van der Waals surface area contributed by atoms with E-state index in [1.54, 1.807) is 19.2 Å². The summed E-state index contributed by atoms with van der Waals surface area (Å²) in [6.07, 6.45) is 0.745. The van der Waals surface area contributed by atoms with Crippen molar-refractivity contribution in [1.29, 1.82) is 0 Å². The first-order valence-electron chi connectivity index (χ1n) is 10.5. The number of aliphatic imine (C=N–C) groups is 1. The Hall–Kier alpha value is -4.12. The summed E-state index contributed by atoms with van der Waals surface area (Å²) >= 11 is 0. The molecule has 33 heavy (non-hydrogen) atoms. The molecule has 0 bridgehead atoms. The Balaban J connectivity index is 1.58. The fourth-order valence-electron chi connectivity index (χ4n) is 3.87. The first kappa shape index (κ1) is 22.1. The molecule has 0 aliphatic carbocycles. The Labute approximate surface area is 192 Å². The van der Waals surface area contributed by atoms with Gasteiger partial charge in [0.1, 0.15) is 5.75 Å². The summed E-state index contributed by atoms with van der Waals surface area (Å²) in [4.78, 5) is 43.4. The number of ether oxygens (including phenoxy) is 1. The maximum atomic E-state index is 13.0. The minimum Gasteiger partial charge on any atom is -0.497 e. The lowest BCUT2D eigenvalue weighted by molar-refractivity contribution is -0.122. The molecule has 4 amide bonds. The summed E-state index contributed by atoms with van der Waals surface area (Å²) in [6.45, 7) is 2.21. The van der Waals surface area contributed by atoms with Crippen molar-refractivity contribution in [2.45, 2.75) is 25.4 Å². The number of methoxy groups -OCH3 is 1. The lowest BCUT2D eigenvalue weighted by Gasteiger charge is -2.26. The third-order valence-corrected chi connectivity index (χ3v) is 5.78. The van der Waals surface area contributed by atoms with Crippen molar-refractivity contribution in [2.75, 3.05) is 20.7 Å². The second-order valence-corrected chi connectivity index (χ2v) is 8.08. The van der Waals surface area contributed by atoms with Gasteiger partial charge in [0.15, 0.2) is 0 Å². The lowest BCUT2D eigenvalue weighted by Crippen LogP contribution is -2.54.